The van der Waals surface area contributed by atoms with E-state index in [9.17, 15) is 4.79 Å². The van der Waals surface area contributed by atoms with Crippen LogP contribution in [0.5, 0.6) is 5.75 Å². The van der Waals surface area contributed by atoms with E-state index in [4.69, 9.17) is 26.8 Å². The van der Waals surface area contributed by atoms with Crippen molar-refractivity contribution in [3.05, 3.63) is 22.7 Å². The fourth-order valence-corrected chi connectivity index (χ4v) is 4.30. The van der Waals surface area contributed by atoms with Crippen molar-refractivity contribution < 1.29 is 14.3 Å². The molecule has 2 aliphatic heterocycles. The van der Waals surface area contributed by atoms with E-state index in [1.54, 1.807) is 19.2 Å². The number of nitrogen functional groups attached to an aromatic ring is 1. The molecule has 0 radical (unpaired) electrons. The molecule has 2 saturated heterocycles. The van der Waals surface area contributed by atoms with Gasteiger partial charge in [-0.3, -0.25) is 4.79 Å². The predicted octanol–water partition coefficient (Wildman–Crippen LogP) is 1.75. The molecule has 0 aromatic heterocycles. The van der Waals surface area contributed by atoms with Crippen LogP contribution in [-0.4, -0.2) is 69.9 Å². The Balaban J connectivity index is 1.61. The van der Waals surface area contributed by atoms with E-state index in [0.717, 1.165) is 45.1 Å². The van der Waals surface area contributed by atoms with Crippen LogP contribution in [0.4, 0.5) is 5.69 Å². The highest BCUT2D eigenvalue weighted by molar-refractivity contribution is 6.33. The van der Waals surface area contributed by atoms with Crippen molar-refractivity contribution in [1.29, 1.82) is 0 Å². The fourth-order valence-electron chi connectivity index (χ4n) is 4.14. The van der Waals surface area contributed by atoms with Gasteiger partial charge in [0.05, 0.1) is 35.5 Å². The van der Waals surface area contributed by atoms with Crippen LogP contribution in [0.25, 0.3) is 0 Å². The lowest BCUT2D eigenvalue weighted by Crippen LogP contribution is -2.55. The Morgan fingerprint density at radius 2 is 2.07 bits per heavy atom. The highest BCUT2D eigenvalue weighted by atomic mass is 35.5. The van der Waals surface area contributed by atoms with Crippen molar-refractivity contribution in [2.45, 2.75) is 31.4 Å². The lowest BCUT2D eigenvalue weighted by atomic mass is 9.95. The minimum atomic E-state index is -0.224. The second-order valence-corrected chi connectivity index (χ2v) is 8.08. The van der Waals surface area contributed by atoms with Gasteiger partial charge in [0.15, 0.2) is 0 Å². The van der Waals surface area contributed by atoms with Crippen molar-refractivity contribution >= 4 is 23.2 Å². The third kappa shape index (κ3) is 5.08. The van der Waals surface area contributed by atoms with Gasteiger partial charge >= 0.3 is 0 Å². The van der Waals surface area contributed by atoms with Gasteiger partial charge in [0.25, 0.3) is 5.91 Å². The summed E-state index contributed by atoms with van der Waals surface area (Å²) in [6, 6.07) is 3.08. The number of methoxy groups -OCH3 is 2. The zero-order chi connectivity index (χ0) is 20.1. The lowest BCUT2D eigenvalue weighted by Gasteiger charge is -2.40. The van der Waals surface area contributed by atoms with Gasteiger partial charge < -0.3 is 30.7 Å². The standard InChI is InChI=1S/C20H31ClN4O3/c1-27-18-10-16(22)15(21)9-14(18)20(26)24-17-5-8-25(12-19(17)28-2)11-13-3-6-23-7-4-13/h9-10,13,17,19,23H,3-8,11-12,22H2,1-2H3,(H,24,26)/t17-,19+/m1/s1. The minimum absolute atomic E-state index is 0.0466. The molecule has 156 valence electrons. The molecule has 3 rings (SSSR count). The number of nitrogens with one attached hydrogen (secondary N) is 2. The Morgan fingerprint density at radius 1 is 1.32 bits per heavy atom. The summed E-state index contributed by atoms with van der Waals surface area (Å²) in [4.78, 5) is 15.3. The van der Waals surface area contributed by atoms with E-state index in [-0.39, 0.29) is 18.1 Å². The number of carbonyl (C=O) groups is 1. The smallest absolute Gasteiger partial charge is 0.255 e. The number of nitrogens with zero attached hydrogens (tertiary/aromatic N) is 1. The van der Waals surface area contributed by atoms with E-state index >= 15 is 0 Å². The topological polar surface area (TPSA) is 88.8 Å². The number of hydrogen-bond acceptors (Lipinski definition) is 6. The summed E-state index contributed by atoms with van der Waals surface area (Å²) < 4.78 is 11.0. The molecule has 4 N–H and O–H groups in total. The summed E-state index contributed by atoms with van der Waals surface area (Å²) in [5, 5.41) is 6.86. The molecule has 2 fully saturated rings. The molecular weight excluding hydrogens is 380 g/mol. The Kier molecular flexibility index (Phi) is 7.40. The fraction of sp³-hybridized carbons (Fsp3) is 0.650. The Bertz CT molecular complexity index is 682. The molecule has 0 unspecified atom stereocenters. The number of ether oxygens (including phenoxy) is 2. The number of carbonyl (C=O) groups excluding carboxylic acids is 1. The largest absolute Gasteiger partial charge is 0.496 e. The van der Waals surface area contributed by atoms with Crippen LogP contribution in [0.15, 0.2) is 12.1 Å². The van der Waals surface area contributed by atoms with Crippen molar-refractivity contribution in [3.63, 3.8) is 0 Å². The highest BCUT2D eigenvalue weighted by Gasteiger charge is 2.32. The van der Waals surface area contributed by atoms with Gasteiger partial charge in [-0.25, -0.2) is 0 Å². The van der Waals surface area contributed by atoms with Gasteiger partial charge in [0.1, 0.15) is 5.75 Å². The van der Waals surface area contributed by atoms with Gasteiger partial charge in [0.2, 0.25) is 0 Å². The quantitative estimate of drug-likeness (QED) is 0.619. The first kappa shape index (κ1) is 21.2. The number of anilines is 1. The lowest BCUT2D eigenvalue weighted by molar-refractivity contribution is 0.000686. The Labute approximate surface area is 171 Å². The second-order valence-electron chi connectivity index (χ2n) is 7.67. The molecular formula is C20H31ClN4O3. The van der Waals surface area contributed by atoms with E-state index in [0.29, 0.717) is 22.0 Å². The molecule has 1 aromatic carbocycles. The van der Waals surface area contributed by atoms with Gasteiger partial charge in [-0.05, 0) is 44.3 Å². The van der Waals surface area contributed by atoms with Crippen molar-refractivity contribution in [2.75, 3.05) is 52.7 Å². The normalized spacial score (nSPS) is 24.1. The molecule has 1 aromatic rings. The van der Waals surface area contributed by atoms with E-state index in [1.807, 2.05) is 0 Å². The SMILES string of the molecule is COc1cc(N)c(Cl)cc1C(=O)N[C@@H]1CCN(CC2CCNCC2)C[C@@H]1OC. The van der Waals surface area contributed by atoms with Crippen LogP contribution in [-0.2, 0) is 4.74 Å². The van der Waals surface area contributed by atoms with Crippen molar-refractivity contribution in [3.8, 4) is 5.75 Å². The molecule has 0 aliphatic carbocycles. The predicted molar refractivity (Wildman–Crippen MR) is 111 cm³/mol. The average molecular weight is 411 g/mol. The minimum Gasteiger partial charge on any atom is -0.496 e. The number of benzene rings is 1. The molecule has 28 heavy (non-hydrogen) atoms. The number of hydrogen-bond donors (Lipinski definition) is 3. The third-order valence-electron chi connectivity index (χ3n) is 5.80. The maximum absolute atomic E-state index is 12.8. The van der Waals surface area contributed by atoms with Gasteiger partial charge in [-0.1, -0.05) is 11.6 Å². The molecule has 2 heterocycles. The number of amides is 1. The van der Waals surface area contributed by atoms with E-state index in [2.05, 4.69) is 15.5 Å². The molecule has 0 spiro atoms. The van der Waals surface area contributed by atoms with Gasteiger partial charge in [0, 0.05) is 32.8 Å². The van der Waals surface area contributed by atoms with Crippen molar-refractivity contribution in [1.82, 2.24) is 15.5 Å². The number of piperidine rings is 2. The Hall–Kier alpha value is -1.54. The highest BCUT2D eigenvalue weighted by Crippen LogP contribution is 2.29. The van der Waals surface area contributed by atoms with Crippen LogP contribution >= 0.6 is 11.6 Å². The molecule has 0 saturated carbocycles. The summed E-state index contributed by atoms with van der Waals surface area (Å²) in [7, 11) is 3.22. The summed E-state index contributed by atoms with van der Waals surface area (Å²) in [5.41, 5.74) is 6.58. The zero-order valence-electron chi connectivity index (χ0n) is 16.7. The number of rotatable bonds is 6. The summed E-state index contributed by atoms with van der Waals surface area (Å²) in [6.07, 6.45) is 3.26. The van der Waals surface area contributed by atoms with E-state index < -0.39 is 0 Å². The van der Waals surface area contributed by atoms with Crippen LogP contribution < -0.4 is 21.1 Å². The number of halogens is 1. The summed E-state index contributed by atoms with van der Waals surface area (Å²) in [6.45, 7) is 5.09. The molecule has 1 amide bonds. The van der Waals surface area contributed by atoms with E-state index in [1.165, 1.54) is 20.0 Å². The average Bonchev–Trinajstić information content (AvgIpc) is 2.71. The maximum atomic E-state index is 12.8. The van der Waals surface area contributed by atoms with Crippen LogP contribution in [0.1, 0.15) is 29.6 Å². The zero-order valence-corrected chi connectivity index (χ0v) is 17.4. The molecule has 7 nitrogen and oxygen atoms in total. The molecule has 8 heteroatoms. The monoisotopic (exact) mass is 410 g/mol. The summed E-state index contributed by atoms with van der Waals surface area (Å²) in [5.74, 6) is 0.931. The third-order valence-corrected chi connectivity index (χ3v) is 6.13. The second kappa shape index (κ2) is 9.78. The first-order valence-corrected chi connectivity index (χ1v) is 10.3. The molecule has 2 atom stereocenters. The first-order chi connectivity index (χ1) is 13.5. The number of nitrogens with two attached hydrogens (primary N) is 1. The van der Waals surface area contributed by atoms with Gasteiger partial charge in [-0.15, -0.1) is 0 Å². The van der Waals surface area contributed by atoms with Crippen LogP contribution in [0.2, 0.25) is 5.02 Å². The Morgan fingerprint density at radius 3 is 2.75 bits per heavy atom. The van der Waals surface area contributed by atoms with Crippen molar-refractivity contribution in [2.24, 2.45) is 5.92 Å². The van der Waals surface area contributed by atoms with Crippen LogP contribution in [0.3, 0.4) is 0 Å². The molecule has 0 bridgehead atoms. The molecule has 2 aliphatic rings. The number of likely N-dealkylation sites (tertiary alicyclic amines) is 1. The first-order valence-electron chi connectivity index (χ1n) is 9.91. The summed E-state index contributed by atoms with van der Waals surface area (Å²) >= 11 is 6.10. The van der Waals surface area contributed by atoms with Gasteiger partial charge in [-0.2, -0.15) is 0 Å². The maximum Gasteiger partial charge on any atom is 0.255 e. The van der Waals surface area contributed by atoms with Crippen LogP contribution in [0, 0.1) is 5.92 Å².